The smallest absolute Gasteiger partial charge is 0.323 e. The normalized spacial score (nSPS) is 10.3. The molecule has 0 bridgehead atoms. The Labute approximate surface area is 121 Å². The van der Waals surface area contributed by atoms with E-state index < -0.39 is 23.5 Å². The summed E-state index contributed by atoms with van der Waals surface area (Å²) in [5.74, 6) is -1.11. The van der Waals surface area contributed by atoms with E-state index in [0.29, 0.717) is 11.3 Å². The maximum absolute atomic E-state index is 12.1. The van der Waals surface area contributed by atoms with Gasteiger partial charge in [0.1, 0.15) is 6.54 Å². The Morgan fingerprint density at radius 1 is 1.43 bits per heavy atom. The number of urea groups is 1. The van der Waals surface area contributed by atoms with Gasteiger partial charge in [0, 0.05) is 23.9 Å². The number of aliphatic carboxylic acids is 1. The van der Waals surface area contributed by atoms with Crippen LogP contribution in [0, 0.1) is 17.0 Å². The third-order valence-corrected chi connectivity index (χ3v) is 2.85. The summed E-state index contributed by atoms with van der Waals surface area (Å²) in [6, 6.07) is 3.18. The van der Waals surface area contributed by atoms with Crippen molar-refractivity contribution in [2.24, 2.45) is 0 Å². The Kier molecular flexibility index (Phi) is 5.23. The number of nitrogens with zero attached hydrogens (tertiary/aromatic N) is 2. The molecule has 1 rings (SSSR count). The van der Waals surface area contributed by atoms with Crippen LogP contribution in [0.2, 0.25) is 0 Å². The number of non-ortho nitro benzene ring substituents is 1. The number of anilines is 1. The number of benzene rings is 1. The molecule has 0 aliphatic rings. The number of carboxylic acids is 1. The Bertz CT molecular complexity index is 571. The third-order valence-electron chi connectivity index (χ3n) is 2.85. The van der Waals surface area contributed by atoms with Gasteiger partial charge >= 0.3 is 12.0 Å². The van der Waals surface area contributed by atoms with Crippen LogP contribution < -0.4 is 5.32 Å². The first kappa shape index (κ1) is 16.4. The lowest BCUT2D eigenvalue weighted by atomic mass is 10.2. The molecule has 0 heterocycles. The molecule has 0 fully saturated rings. The number of hydrogen-bond acceptors (Lipinski definition) is 4. The molecule has 2 amide bonds. The molecule has 0 saturated carbocycles. The predicted octanol–water partition coefficient (Wildman–Crippen LogP) is 2.23. The van der Waals surface area contributed by atoms with Crippen LogP contribution in [0.4, 0.5) is 16.2 Å². The number of carbonyl (C=O) groups excluding carboxylic acids is 1. The first-order valence-corrected chi connectivity index (χ1v) is 6.26. The zero-order valence-corrected chi connectivity index (χ0v) is 12.0. The number of nitro benzene ring substituents is 1. The summed E-state index contributed by atoms with van der Waals surface area (Å²) in [4.78, 5) is 34.1. The minimum absolute atomic E-state index is 0.0725. The number of rotatable bonds is 5. The Morgan fingerprint density at radius 2 is 2.05 bits per heavy atom. The molecule has 0 radical (unpaired) electrons. The molecule has 0 spiro atoms. The number of amides is 2. The van der Waals surface area contributed by atoms with E-state index in [2.05, 4.69) is 5.32 Å². The fourth-order valence-electron chi connectivity index (χ4n) is 1.72. The molecule has 114 valence electrons. The summed E-state index contributed by atoms with van der Waals surface area (Å²) in [7, 11) is 0. The standard InChI is InChI=1S/C13H17N3O5/c1-8(2)15(7-12(17)18)13(19)14-11-5-4-10(16(20)21)6-9(11)3/h4-6,8H,7H2,1-3H3,(H,14,19)(H,17,18). The van der Waals surface area contributed by atoms with Gasteiger partial charge in [-0.3, -0.25) is 14.9 Å². The van der Waals surface area contributed by atoms with Crippen LogP contribution in [-0.2, 0) is 4.79 Å². The maximum atomic E-state index is 12.1. The summed E-state index contributed by atoms with van der Waals surface area (Å²) in [6.07, 6.45) is 0. The third kappa shape index (κ3) is 4.44. The fraction of sp³-hybridized carbons (Fsp3) is 0.385. The van der Waals surface area contributed by atoms with Crippen molar-refractivity contribution in [3.63, 3.8) is 0 Å². The summed E-state index contributed by atoms with van der Waals surface area (Å²) in [5, 5.41) is 22.0. The first-order valence-electron chi connectivity index (χ1n) is 6.26. The number of nitrogens with one attached hydrogen (secondary N) is 1. The molecule has 0 saturated heterocycles. The van der Waals surface area contributed by atoms with E-state index in [1.807, 2.05) is 0 Å². The fourth-order valence-corrected chi connectivity index (χ4v) is 1.72. The van der Waals surface area contributed by atoms with Crippen LogP contribution in [0.15, 0.2) is 18.2 Å². The van der Waals surface area contributed by atoms with E-state index >= 15 is 0 Å². The zero-order chi connectivity index (χ0) is 16.2. The molecule has 8 heteroatoms. The first-order chi connectivity index (χ1) is 9.72. The molecular weight excluding hydrogens is 278 g/mol. The van der Waals surface area contributed by atoms with Crippen molar-refractivity contribution < 1.29 is 19.6 Å². The zero-order valence-electron chi connectivity index (χ0n) is 12.0. The van der Waals surface area contributed by atoms with E-state index in [4.69, 9.17) is 5.11 Å². The van der Waals surface area contributed by atoms with Gasteiger partial charge in [0.15, 0.2) is 0 Å². The molecule has 1 aromatic carbocycles. The van der Waals surface area contributed by atoms with Crippen molar-refractivity contribution in [1.82, 2.24) is 4.90 Å². The second-order valence-corrected chi connectivity index (χ2v) is 4.80. The van der Waals surface area contributed by atoms with E-state index in [1.165, 1.54) is 18.2 Å². The van der Waals surface area contributed by atoms with Gasteiger partial charge < -0.3 is 15.3 Å². The number of nitro groups is 1. The molecule has 0 aliphatic heterocycles. The lowest BCUT2D eigenvalue weighted by Gasteiger charge is -2.25. The highest BCUT2D eigenvalue weighted by Gasteiger charge is 2.20. The van der Waals surface area contributed by atoms with Crippen LogP contribution in [0.3, 0.4) is 0 Å². The van der Waals surface area contributed by atoms with Crippen LogP contribution in [-0.4, -0.2) is 39.5 Å². The summed E-state index contributed by atoms with van der Waals surface area (Å²) >= 11 is 0. The highest BCUT2D eigenvalue weighted by Crippen LogP contribution is 2.21. The Morgan fingerprint density at radius 3 is 2.48 bits per heavy atom. The number of carbonyl (C=O) groups is 2. The maximum Gasteiger partial charge on any atom is 0.323 e. The highest BCUT2D eigenvalue weighted by atomic mass is 16.6. The van der Waals surface area contributed by atoms with Gasteiger partial charge in [-0.1, -0.05) is 0 Å². The Balaban J connectivity index is 2.91. The van der Waals surface area contributed by atoms with Crippen molar-refractivity contribution in [3.05, 3.63) is 33.9 Å². The van der Waals surface area contributed by atoms with Crippen molar-refractivity contribution in [1.29, 1.82) is 0 Å². The number of aryl methyl sites for hydroxylation is 1. The van der Waals surface area contributed by atoms with Crippen molar-refractivity contribution in [2.75, 3.05) is 11.9 Å². The van der Waals surface area contributed by atoms with E-state index in [1.54, 1.807) is 20.8 Å². The quantitative estimate of drug-likeness (QED) is 0.638. The molecule has 0 aromatic heterocycles. The van der Waals surface area contributed by atoms with E-state index in [0.717, 1.165) is 4.90 Å². The minimum Gasteiger partial charge on any atom is -0.480 e. The van der Waals surface area contributed by atoms with Gasteiger partial charge in [0.2, 0.25) is 0 Å². The largest absolute Gasteiger partial charge is 0.480 e. The van der Waals surface area contributed by atoms with Crippen molar-refractivity contribution >= 4 is 23.4 Å². The van der Waals surface area contributed by atoms with Crippen LogP contribution >= 0.6 is 0 Å². The molecule has 2 N–H and O–H groups in total. The average molecular weight is 295 g/mol. The highest BCUT2D eigenvalue weighted by molar-refractivity contribution is 5.92. The van der Waals surface area contributed by atoms with Gasteiger partial charge in [-0.15, -0.1) is 0 Å². The second kappa shape index (κ2) is 6.69. The van der Waals surface area contributed by atoms with Crippen molar-refractivity contribution in [2.45, 2.75) is 26.8 Å². The SMILES string of the molecule is Cc1cc([N+](=O)[O-])ccc1NC(=O)N(CC(=O)O)C(C)C. The minimum atomic E-state index is -1.11. The monoisotopic (exact) mass is 295 g/mol. The topological polar surface area (TPSA) is 113 Å². The average Bonchev–Trinajstić information content (AvgIpc) is 2.37. The molecule has 0 atom stereocenters. The lowest BCUT2D eigenvalue weighted by molar-refractivity contribution is -0.384. The van der Waals surface area contributed by atoms with Gasteiger partial charge in [-0.05, 0) is 32.4 Å². The Hall–Kier alpha value is -2.64. The number of carboxylic acid groups (broad SMARTS) is 1. The molecular formula is C13H17N3O5. The van der Waals surface area contributed by atoms with Gasteiger partial charge in [0.05, 0.1) is 4.92 Å². The molecule has 8 nitrogen and oxygen atoms in total. The van der Waals surface area contributed by atoms with Crippen LogP contribution in [0.1, 0.15) is 19.4 Å². The number of hydrogen-bond donors (Lipinski definition) is 2. The second-order valence-electron chi connectivity index (χ2n) is 4.80. The van der Waals surface area contributed by atoms with E-state index in [9.17, 15) is 19.7 Å². The molecule has 0 aliphatic carbocycles. The van der Waals surface area contributed by atoms with Crippen molar-refractivity contribution in [3.8, 4) is 0 Å². The van der Waals surface area contributed by atoms with Gasteiger partial charge in [-0.2, -0.15) is 0 Å². The summed E-state index contributed by atoms with van der Waals surface area (Å²) < 4.78 is 0. The molecule has 0 unspecified atom stereocenters. The predicted molar refractivity (Wildman–Crippen MR) is 76.3 cm³/mol. The van der Waals surface area contributed by atoms with E-state index in [-0.39, 0.29) is 11.7 Å². The van der Waals surface area contributed by atoms with Crippen LogP contribution in [0.5, 0.6) is 0 Å². The summed E-state index contributed by atoms with van der Waals surface area (Å²) in [5.41, 5.74) is 0.856. The van der Waals surface area contributed by atoms with Crippen LogP contribution in [0.25, 0.3) is 0 Å². The lowest BCUT2D eigenvalue weighted by Crippen LogP contribution is -2.43. The molecule has 1 aromatic rings. The van der Waals surface area contributed by atoms with Gasteiger partial charge in [0.25, 0.3) is 5.69 Å². The molecule has 21 heavy (non-hydrogen) atoms. The van der Waals surface area contributed by atoms with Gasteiger partial charge in [-0.25, -0.2) is 4.79 Å². The summed E-state index contributed by atoms with van der Waals surface area (Å²) in [6.45, 7) is 4.60.